The number of pyridine rings is 1. The molecule has 124 valence electrons. The lowest BCUT2D eigenvalue weighted by molar-refractivity contribution is -0.136. The molecule has 3 heterocycles. The number of rotatable bonds is 1. The number of aromatic nitrogens is 2. The van der Waals surface area contributed by atoms with Gasteiger partial charge in [-0.3, -0.25) is 9.20 Å². The van der Waals surface area contributed by atoms with Crippen LogP contribution in [0.25, 0.3) is 5.65 Å². The molecule has 0 radical (unpaired) electrons. The van der Waals surface area contributed by atoms with E-state index in [-0.39, 0.29) is 5.65 Å². The van der Waals surface area contributed by atoms with Gasteiger partial charge in [0, 0.05) is 18.8 Å². The van der Waals surface area contributed by atoms with E-state index in [9.17, 15) is 18.0 Å². The molecule has 1 aliphatic rings. The van der Waals surface area contributed by atoms with Gasteiger partial charge in [-0.2, -0.15) is 13.2 Å². The van der Waals surface area contributed by atoms with Crippen LogP contribution in [0.15, 0.2) is 16.9 Å². The average Bonchev–Trinajstić information content (AvgIpc) is 2.46. The molecule has 7 heteroatoms. The van der Waals surface area contributed by atoms with Crippen LogP contribution in [0.3, 0.4) is 0 Å². The first-order valence-electron chi connectivity index (χ1n) is 7.66. The second kappa shape index (κ2) is 5.54. The van der Waals surface area contributed by atoms with Gasteiger partial charge in [0.05, 0.1) is 11.3 Å². The third kappa shape index (κ3) is 2.68. The van der Waals surface area contributed by atoms with E-state index < -0.39 is 17.3 Å². The predicted molar refractivity (Wildman–Crippen MR) is 82.0 cm³/mol. The van der Waals surface area contributed by atoms with Crippen LogP contribution in [0.5, 0.6) is 0 Å². The minimum absolute atomic E-state index is 0.319. The molecule has 0 amide bonds. The number of nitrogens with zero attached hydrogens (tertiary/aromatic N) is 3. The Balaban J connectivity index is 2.31. The van der Waals surface area contributed by atoms with E-state index in [2.05, 4.69) is 4.98 Å². The van der Waals surface area contributed by atoms with Crippen molar-refractivity contribution in [3.63, 3.8) is 0 Å². The largest absolute Gasteiger partial charge is 0.419 e. The molecule has 4 nitrogen and oxygen atoms in total. The molecule has 0 bridgehead atoms. The van der Waals surface area contributed by atoms with Crippen molar-refractivity contribution >= 4 is 11.3 Å². The van der Waals surface area contributed by atoms with Gasteiger partial charge >= 0.3 is 6.18 Å². The molecule has 0 N–H and O–H groups in total. The first-order valence-corrected chi connectivity index (χ1v) is 7.66. The van der Waals surface area contributed by atoms with Crippen LogP contribution in [0, 0.1) is 13.8 Å². The van der Waals surface area contributed by atoms with Crippen molar-refractivity contribution in [1.82, 2.24) is 9.38 Å². The first kappa shape index (κ1) is 15.8. The van der Waals surface area contributed by atoms with Crippen molar-refractivity contribution in [1.29, 1.82) is 0 Å². The zero-order valence-corrected chi connectivity index (χ0v) is 13.1. The van der Waals surface area contributed by atoms with Crippen LogP contribution in [0.4, 0.5) is 18.9 Å². The van der Waals surface area contributed by atoms with Gasteiger partial charge in [0.25, 0.3) is 5.56 Å². The number of hydrogen-bond donors (Lipinski definition) is 0. The second-order valence-electron chi connectivity index (χ2n) is 5.94. The number of anilines is 1. The molecule has 0 aliphatic carbocycles. The molecule has 0 aromatic carbocycles. The summed E-state index contributed by atoms with van der Waals surface area (Å²) in [5.41, 5.74) is -0.395. The van der Waals surface area contributed by atoms with Gasteiger partial charge in [-0.25, -0.2) is 4.98 Å². The highest BCUT2D eigenvalue weighted by atomic mass is 19.4. The molecule has 2 aromatic heterocycles. The topological polar surface area (TPSA) is 37.6 Å². The molecule has 0 spiro atoms. The molecule has 1 aliphatic heterocycles. The van der Waals surface area contributed by atoms with Crippen LogP contribution in [0.1, 0.15) is 36.2 Å². The monoisotopic (exact) mass is 325 g/mol. The first-order chi connectivity index (χ1) is 10.8. The maximum atomic E-state index is 13.2. The van der Waals surface area contributed by atoms with Gasteiger partial charge in [0.15, 0.2) is 5.65 Å². The number of hydrogen-bond acceptors (Lipinski definition) is 3. The number of fused-ring (bicyclic) bond motifs is 1. The zero-order chi connectivity index (χ0) is 16.8. The van der Waals surface area contributed by atoms with Crippen molar-refractivity contribution in [3.05, 3.63) is 39.4 Å². The van der Waals surface area contributed by atoms with Crippen LogP contribution in [-0.4, -0.2) is 22.5 Å². The Kier molecular flexibility index (Phi) is 3.82. The van der Waals surface area contributed by atoms with E-state index in [1.54, 1.807) is 13.8 Å². The molecule has 1 saturated heterocycles. The molecule has 0 unspecified atom stereocenters. The smallest absolute Gasteiger partial charge is 0.366 e. The SMILES string of the molecule is Cc1nc2c(C(F)(F)F)ccc(C)n2c(=O)c1N1CCCCC1. The maximum absolute atomic E-state index is 13.2. The normalized spacial score (nSPS) is 16.1. The molecule has 3 rings (SSSR count). The summed E-state index contributed by atoms with van der Waals surface area (Å²) in [6.07, 6.45) is -1.49. The Labute approximate surface area is 131 Å². The van der Waals surface area contributed by atoms with E-state index in [1.165, 1.54) is 6.07 Å². The lowest BCUT2D eigenvalue weighted by Gasteiger charge is -2.29. The standard InChI is InChI=1S/C16H18F3N3O/c1-10-6-7-12(16(17,18)19)14-20-11(2)13(15(23)22(10)14)21-8-4-3-5-9-21/h6-7H,3-5,8-9H2,1-2H3. The third-order valence-corrected chi connectivity index (χ3v) is 4.30. The van der Waals surface area contributed by atoms with Crippen LogP contribution >= 0.6 is 0 Å². The van der Waals surface area contributed by atoms with Gasteiger partial charge in [0.1, 0.15) is 5.69 Å². The van der Waals surface area contributed by atoms with Crippen molar-refractivity contribution in [2.75, 3.05) is 18.0 Å². The molecule has 0 atom stereocenters. The fourth-order valence-electron chi connectivity index (χ4n) is 3.18. The average molecular weight is 325 g/mol. The minimum atomic E-state index is -4.54. The van der Waals surface area contributed by atoms with Gasteiger partial charge in [-0.05, 0) is 45.2 Å². The Morgan fingerprint density at radius 1 is 1.09 bits per heavy atom. The number of aryl methyl sites for hydroxylation is 2. The third-order valence-electron chi connectivity index (χ3n) is 4.30. The Morgan fingerprint density at radius 3 is 2.35 bits per heavy atom. The highest BCUT2D eigenvalue weighted by Gasteiger charge is 2.35. The number of piperidine rings is 1. The van der Waals surface area contributed by atoms with E-state index in [1.807, 2.05) is 4.90 Å². The fourth-order valence-corrected chi connectivity index (χ4v) is 3.18. The summed E-state index contributed by atoms with van der Waals surface area (Å²) in [4.78, 5) is 18.9. The summed E-state index contributed by atoms with van der Waals surface area (Å²) in [7, 11) is 0. The Hall–Kier alpha value is -2.05. The Morgan fingerprint density at radius 2 is 1.74 bits per heavy atom. The quantitative estimate of drug-likeness (QED) is 0.807. The summed E-state index contributed by atoms with van der Waals surface area (Å²) in [5.74, 6) is 0. The van der Waals surface area contributed by atoms with Crippen molar-refractivity contribution in [3.8, 4) is 0 Å². The van der Waals surface area contributed by atoms with E-state index in [0.29, 0.717) is 17.1 Å². The molecule has 23 heavy (non-hydrogen) atoms. The number of halogens is 3. The van der Waals surface area contributed by atoms with E-state index in [4.69, 9.17) is 0 Å². The van der Waals surface area contributed by atoms with E-state index in [0.717, 1.165) is 42.8 Å². The van der Waals surface area contributed by atoms with Gasteiger partial charge in [-0.1, -0.05) is 0 Å². The van der Waals surface area contributed by atoms with Crippen LogP contribution < -0.4 is 10.5 Å². The van der Waals surface area contributed by atoms with Gasteiger partial charge in [0.2, 0.25) is 0 Å². The van der Waals surface area contributed by atoms with Gasteiger partial charge < -0.3 is 4.90 Å². The van der Waals surface area contributed by atoms with Crippen molar-refractivity contribution in [2.45, 2.75) is 39.3 Å². The van der Waals surface area contributed by atoms with Crippen molar-refractivity contribution in [2.24, 2.45) is 0 Å². The molecule has 0 saturated carbocycles. The lowest BCUT2D eigenvalue weighted by Crippen LogP contribution is -2.36. The molecular formula is C16H18F3N3O. The maximum Gasteiger partial charge on any atom is 0.419 e. The number of alkyl halides is 3. The van der Waals surface area contributed by atoms with Gasteiger partial charge in [-0.15, -0.1) is 0 Å². The summed E-state index contributed by atoms with van der Waals surface area (Å²) in [6, 6.07) is 2.30. The fraction of sp³-hybridized carbons (Fsp3) is 0.500. The second-order valence-corrected chi connectivity index (χ2v) is 5.94. The summed E-state index contributed by atoms with van der Waals surface area (Å²) in [6.45, 7) is 4.70. The lowest BCUT2D eigenvalue weighted by atomic mass is 10.1. The summed E-state index contributed by atoms with van der Waals surface area (Å²) < 4.78 is 40.7. The predicted octanol–water partition coefficient (Wildman–Crippen LogP) is 3.32. The molecule has 2 aromatic rings. The van der Waals surface area contributed by atoms with Crippen LogP contribution in [-0.2, 0) is 6.18 Å². The summed E-state index contributed by atoms with van der Waals surface area (Å²) in [5, 5.41) is 0. The zero-order valence-electron chi connectivity index (χ0n) is 13.1. The Bertz CT molecular complexity index is 805. The summed E-state index contributed by atoms with van der Waals surface area (Å²) >= 11 is 0. The minimum Gasteiger partial charge on any atom is -0.366 e. The molecule has 1 fully saturated rings. The van der Waals surface area contributed by atoms with Crippen molar-refractivity contribution < 1.29 is 13.2 Å². The molecular weight excluding hydrogens is 307 g/mol. The highest BCUT2D eigenvalue weighted by Crippen LogP contribution is 2.32. The van der Waals surface area contributed by atoms with Crippen LogP contribution in [0.2, 0.25) is 0 Å². The van der Waals surface area contributed by atoms with E-state index >= 15 is 0 Å². The highest BCUT2D eigenvalue weighted by molar-refractivity contribution is 5.58.